The Morgan fingerprint density at radius 1 is 1.19 bits per heavy atom. The molecule has 1 atom stereocenters. The first-order valence-electron chi connectivity index (χ1n) is 6.18. The number of hydrogen-bond donors (Lipinski definition) is 3. The second kappa shape index (κ2) is 7.41. The SMILES string of the molecule is O=C(NCC(O)c1ccccc1)c1cc(I)cc(I)c1O. The van der Waals surface area contributed by atoms with E-state index in [-0.39, 0.29) is 17.9 Å². The fraction of sp³-hybridized carbons (Fsp3) is 0.133. The third-order valence-electron chi connectivity index (χ3n) is 2.91. The molecular weight excluding hydrogens is 496 g/mol. The molecule has 4 nitrogen and oxygen atoms in total. The van der Waals surface area contributed by atoms with E-state index >= 15 is 0 Å². The minimum atomic E-state index is -0.779. The molecule has 0 aliphatic carbocycles. The molecule has 0 fully saturated rings. The number of aromatic hydroxyl groups is 1. The van der Waals surface area contributed by atoms with E-state index < -0.39 is 12.0 Å². The van der Waals surface area contributed by atoms with Crippen LogP contribution in [0.1, 0.15) is 22.0 Å². The van der Waals surface area contributed by atoms with Gasteiger partial charge in [-0.2, -0.15) is 0 Å². The molecule has 0 bridgehead atoms. The number of halogens is 2. The highest BCUT2D eigenvalue weighted by Crippen LogP contribution is 2.27. The molecule has 0 spiro atoms. The van der Waals surface area contributed by atoms with Crippen molar-refractivity contribution in [2.75, 3.05) is 6.54 Å². The molecule has 1 unspecified atom stereocenters. The molecule has 0 saturated carbocycles. The first-order chi connectivity index (χ1) is 9.99. The second-order valence-corrected chi connectivity index (χ2v) is 6.83. The number of nitrogens with one attached hydrogen (secondary N) is 1. The van der Waals surface area contributed by atoms with Gasteiger partial charge >= 0.3 is 0 Å². The van der Waals surface area contributed by atoms with Crippen LogP contribution in [0, 0.1) is 7.14 Å². The molecule has 3 N–H and O–H groups in total. The third-order valence-corrected chi connectivity index (χ3v) is 4.36. The first-order valence-corrected chi connectivity index (χ1v) is 8.34. The van der Waals surface area contributed by atoms with Crippen molar-refractivity contribution >= 4 is 51.1 Å². The molecule has 0 aromatic heterocycles. The number of rotatable bonds is 4. The van der Waals surface area contributed by atoms with Gasteiger partial charge in [-0.05, 0) is 62.9 Å². The predicted molar refractivity (Wildman–Crippen MR) is 97.3 cm³/mol. The molecule has 6 heteroatoms. The van der Waals surface area contributed by atoms with Gasteiger partial charge in [0.25, 0.3) is 5.91 Å². The zero-order valence-corrected chi connectivity index (χ0v) is 15.2. The molecule has 0 heterocycles. The lowest BCUT2D eigenvalue weighted by Crippen LogP contribution is -2.28. The van der Waals surface area contributed by atoms with E-state index in [2.05, 4.69) is 27.9 Å². The number of aliphatic hydroxyl groups is 1. The zero-order chi connectivity index (χ0) is 15.4. The van der Waals surface area contributed by atoms with Gasteiger partial charge in [-0.15, -0.1) is 0 Å². The molecule has 0 aliphatic heterocycles. The third kappa shape index (κ3) is 4.30. The number of phenols is 1. The lowest BCUT2D eigenvalue weighted by molar-refractivity contribution is 0.0913. The van der Waals surface area contributed by atoms with Crippen LogP contribution < -0.4 is 5.32 Å². The predicted octanol–water partition coefficient (Wildman–Crippen LogP) is 3.06. The van der Waals surface area contributed by atoms with Gasteiger partial charge in [0.05, 0.1) is 15.2 Å². The summed E-state index contributed by atoms with van der Waals surface area (Å²) in [4.78, 5) is 12.1. The quantitative estimate of drug-likeness (QED) is 0.556. The van der Waals surface area contributed by atoms with E-state index in [1.165, 1.54) is 0 Å². The van der Waals surface area contributed by atoms with E-state index in [0.717, 1.165) is 9.13 Å². The fourth-order valence-electron chi connectivity index (χ4n) is 1.82. The molecule has 21 heavy (non-hydrogen) atoms. The van der Waals surface area contributed by atoms with E-state index in [1.807, 2.05) is 40.8 Å². The summed E-state index contributed by atoms with van der Waals surface area (Å²) < 4.78 is 1.48. The lowest BCUT2D eigenvalue weighted by Gasteiger charge is -2.13. The Bertz CT molecular complexity index is 647. The molecule has 0 radical (unpaired) electrons. The van der Waals surface area contributed by atoms with Crippen LogP contribution in [0.5, 0.6) is 5.75 Å². The average molecular weight is 509 g/mol. The summed E-state index contributed by atoms with van der Waals surface area (Å²) in [5.41, 5.74) is 0.950. The number of amides is 1. The van der Waals surface area contributed by atoms with Crippen molar-refractivity contribution in [3.8, 4) is 5.75 Å². The number of benzene rings is 2. The van der Waals surface area contributed by atoms with Crippen molar-refractivity contribution in [2.24, 2.45) is 0 Å². The van der Waals surface area contributed by atoms with Crippen LogP contribution in [0.25, 0.3) is 0 Å². The normalized spacial score (nSPS) is 12.0. The highest BCUT2D eigenvalue weighted by atomic mass is 127. The van der Waals surface area contributed by atoms with Gasteiger partial charge in [0.1, 0.15) is 5.75 Å². The van der Waals surface area contributed by atoms with E-state index in [4.69, 9.17) is 0 Å². The minimum Gasteiger partial charge on any atom is -0.506 e. The minimum absolute atomic E-state index is 0.0392. The summed E-state index contributed by atoms with van der Waals surface area (Å²) in [6.45, 7) is 0.0876. The molecular formula is C15H13I2NO3. The summed E-state index contributed by atoms with van der Waals surface area (Å²) >= 11 is 4.06. The summed E-state index contributed by atoms with van der Waals surface area (Å²) in [5, 5.41) is 22.6. The smallest absolute Gasteiger partial charge is 0.255 e. The van der Waals surface area contributed by atoms with Gasteiger partial charge < -0.3 is 15.5 Å². The number of carbonyl (C=O) groups is 1. The summed E-state index contributed by atoms with van der Waals surface area (Å²) in [6.07, 6.45) is -0.779. The van der Waals surface area contributed by atoms with Crippen LogP contribution in [-0.4, -0.2) is 22.7 Å². The maximum absolute atomic E-state index is 12.1. The summed E-state index contributed by atoms with van der Waals surface area (Å²) in [7, 11) is 0. The standard InChI is InChI=1S/C15H13I2NO3/c16-10-6-11(14(20)12(17)7-10)15(21)18-8-13(19)9-4-2-1-3-5-9/h1-7,13,19-20H,8H2,(H,18,21). The molecule has 2 rings (SSSR count). The average Bonchev–Trinajstić information content (AvgIpc) is 2.49. The van der Waals surface area contributed by atoms with Gasteiger partial charge in [-0.3, -0.25) is 4.79 Å². The van der Waals surface area contributed by atoms with Crippen molar-refractivity contribution in [2.45, 2.75) is 6.10 Å². The van der Waals surface area contributed by atoms with Crippen LogP contribution in [0.2, 0.25) is 0 Å². The van der Waals surface area contributed by atoms with Gasteiger partial charge in [0, 0.05) is 10.1 Å². The molecule has 0 saturated heterocycles. The number of aliphatic hydroxyl groups excluding tert-OH is 1. The Kier molecular flexibility index (Phi) is 5.82. The summed E-state index contributed by atoms with van der Waals surface area (Å²) in [6, 6.07) is 12.5. The Labute approximate surface area is 149 Å². The van der Waals surface area contributed by atoms with Crippen LogP contribution in [0.4, 0.5) is 0 Å². The fourth-order valence-corrected chi connectivity index (χ4v) is 3.66. The molecule has 2 aromatic rings. The molecule has 0 aliphatic rings. The number of hydrogen-bond acceptors (Lipinski definition) is 3. The second-order valence-electron chi connectivity index (χ2n) is 4.42. The Balaban J connectivity index is 2.06. The van der Waals surface area contributed by atoms with Crippen molar-refractivity contribution in [3.63, 3.8) is 0 Å². The topological polar surface area (TPSA) is 69.6 Å². The number of phenolic OH excluding ortho intramolecular Hbond substituents is 1. The highest BCUT2D eigenvalue weighted by Gasteiger charge is 2.16. The van der Waals surface area contributed by atoms with Crippen LogP contribution in [0.3, 0.4) is 0 Å². The Morgan fingerprint density at radius 3 is 2.52 bits per heavy atom. The number of carbonyl (C=O) groups excluding carboxylic acids is 1. The van der Waals surface area contributed by atoms with E-state index in [9.17, 15) is 15.0 Å². The molecule has 2 aromatic carbocycles. The van der Waals surface area contributed by atoms with E-state index in [0.29, 0.717) is 3.57 Å². The van der Waals surface area contributed by atoms with Crippen LogP contribution >= 0.6 is 45.2 Å². The lowest BCUT2D eigenvalue weighted by atomic mass is 10.1. The van der Waals surface area contributed by atoms with E-state index in [1.54, 1.807) is 24.3 Å². The Hall–Kier alpha value is -0.870. The zero-order valence-electron chi connectivity index (χ0n) is 10.9. The van der Waals surface area contributed by atoms with Crippen molar-refractivity contribution in [3.05, 3.63) is 60.7 Å². The van der Waals surface area contributed by atoms with Crippen molar-refractivity contribution in [1.82, 2.24) is 5.32 Å². The highest BCUT2D eigenvalue weighted by molar-refractivity contribution is 14.1. The first kappa shape index (κ1) is 16.5. The molecule has 110 valence electrons. The van der Waals surface area contributed by atoms with Gasteiger partial charge in [0.2, 0.25) is 0 Å². The van der Waals surface area contributed by atoms with Gasteiger partial charge in [0.15, 0.2) is 0 Å². The monoisotopic (exact) mass is 509 g/mol. The van der Waals surface area contributed by atoms with Crippen LogP contribution in [-0.2, 0) is 0 Å². The van der Waals surface area contributed by atoms with Crippen LogP contribution in [0.15, 0.2) is 42.5 Å². The molecule has 1 amide bonds. The van der Waals surface area contributed by atoms with Gasteiger partial charge in [-0.25, -0.2) is 0 Å². The maximum atomic E-state index is 12.1. The maximum Gasteiger partial charge on any atom is 0.255 e. The van der Waals surface area contributed by atoms with Crippen molar-refractivity contribution in [1.29, 1.82) is 0 Å². The largest absolute Gasteiger partial charge is 0.506 e. The Morgan fingerprint density at radius 2 is 1.86 bits per heavy atom. The van der Waals surface area contributed by atoms with Crippen molar-refractivity contribution < 1.29 is 15.0 Å². The van der Waals surface area contributed by atoms with Gasteiger partial charge in [-0.1, -0.05) is 30.3 Å². The summed E-state index contributed by atoms with van der Waals surface area (Å²) in [5.74, 6) is -0.443.